The van der Waals surface area contributed by atoms with Crippen LogP contribution >= 0.6 is 0 Å². The van der Waals surface area contributed by atoms with Gasteiger partial charge in [0, 0.05) is 6.42 Å². The highest BCUT2D eigenvalue weighted by Crippen LogP contribution is 2.24. The average Bonchev–Trinajstić information content (AvgIpc) is 2.89. The summed E-state index contributed by atoms with van der Waals surface area (Å²) in [5, 5.41) is 17.0. The Labute approximate surface area is 83.2 Å². The molecule has 2 atom stereocenters. The van der Waals surface area contributed by atoms with E-state index in [1.165, 1.54) is 0 Å². The lowest BCUT2D eigenvalue weighted by Crippen LogP contribution is -1.97. The fraction of sp³-hybridized carbons (Fsp3) is 0.700. The van der Waals surface area contributed by atoms with Gasteiger partial charge in [0.05, 0.1) is 12.7 Å². The molecular formula is C10H16O4. The van der Waals surface area contributed by atoms with E-state index >= 15 is 0 Å². The van der Waals surface area contributed by atoms with Crippen LogP contribution in [-0.4, -0.2) is 35.0 Å². The molecule has 0 radical (unpaired) electrons. The first-order valence-corrected chi connectivity index (χ1v) is 4.87. The number of aliphatic hydroxyl groups is 1. The standard InChI is InChI=1S/C10H16O4/c11-7-9-8(14-9)5-3-1-2-4-6-10(12)13/h1,3,8-9,11H,2,4-7H2,(H,12,13)/t8-,9-/m0/s1. The van der Waals surface area contributed by atoms with E-state index in [2.05, 4.69) is 0 Å². The van der Waals surface area contributed by atoms with Crippen LogP contribution in [0, 0.1) is 0 Å². The van der Waals surface area contributed by atoms with Gasteiger partial charge in [-0.3, -0.25) is 4.79 Å². The Balaban J connectivity index is 1.92. The third-order valence-corrected chi connectivity index (χ3v) is 2.16. The fourth-order valence-corrected chi connectivity index (χ4v) is 1.27. The lowest BCUT2D eigenvalue weighted by molar-refractivity contribution is -0.137. The van der Waals surface area contributed by atoms with Crippen molar-refractivity contribution in [1.82, 2.24) is 0 Å². The van der Waals surface area contributed by atoms with Crippen LogP contribution in [0.1, 0.15) is 25.7 Å². The summed E-state index contributed by atoms with van der Waals surface area (Å²) in [6.07, 6.45) is 6.68. The maximum atomic E-state index is 10.2. The number of carboxylic acid groups (broad SMARTS) is 1. The number of hydrogen-bond donors (Lipinski definition) is 2. The fourth-order valence-electron chi connectivity index (χ4n) is 1.27. The Bertz CT molecular complexity index is 212. The quantitative estimate of drug-likeness (QED) is 0.364. The summed E-state index contributed by atoms with van der Waals surface area (Å²) in [5.41, 5.74) is 0. The first-order chi connectivity index (χ1) is 6.74. The Morgan fingerprint density at radius 3 is 2.71 bits per heavy atom. The highest BCUT2D eigenvalue weighted by Gasteiger charge is 2.36. The molecule has 1 heterocycles. The predicted molar refractivity (Wildman–Crippen MR) is 51.0 cm³/mol. The van der Waals surface area contributed by atoms with Crippen molar-refractivity contribution < 1.29 is 19.7 Å². The molecule has 14 heavy (non-hydrogen) atoms. The highest BCUT2D eigenvalue weighted by molar-refractivity contribution is 5.66. The number of hydrogen-bond acceptors (Lipinski definition) is 3. The van der Waals surface area contributed by atoms with E-state index in [9.17, 15) is 4.79 Å². The van der Waals surface area contributed by atoms with Crippen LogP contribution in [0.4, 0.5) is 0 Å². The molecule has 1 saturated heterocycles. The van der Waals surface area contributed by atoms with E-state index in [-0.39, 0.29) is 25.2 Å². The molecule has 1 rings (SSSR count). The average molecular weight is 200 g/mol. The summed E-state index contributed by atoms with van der Waals surface area (Å²) in [6.45, 7) is 0.0948. The molecule has 0 saturated carbocycles. The minimum absolute atomic E-state index is 0.0265. The Kier molecular flexibility index (Phi) is 4.62. The Morgan fingerprint density at radius 2 is 2.14 bits per heavy atom. The molecule has 0 aromatic rings. The summed E-state index contributed by atoms with van der Waals surface area (Å²) < 4.78 is 5.12. The lowest BCUT2D eigenvalue weighted by Gasteiger charge is -1.90. The number of allylic oxidation sites excluding steroid dienone is 1. The number of carboxylic acids is 1. The second kappa shape index (κ2) is 5.78. The lowest BCUT2D eigenvalue weighted by atomic mass is 10.2. The second-order valence-corrected chi connectivity index (χ2v) is 3.39. The SMILES string of the molecule is O=C(O)CCCC=CC[C@@H]1O[C@H]1CO. The Hall–Kier alpha value is -0.870. The monoisotopic (exact) mass is 200 g/mol. The number of aliphatic carboxylic acids is 1. The van der Waals surface area contributed by atoms with Gasteiger partial charge >= 0.3 is 5.97 Å². The van der Waals surface area contributed by atoms with Crippen molar-refractivity contribution in [3.05, 3.63) is 12.2 Å². The topological polar surface area (TPSA) is 70.1 Å². The number of epoxide rings is 1. The van der Waals surface area contributed by atoms with Crippen LogP contribution in [-0.2, 0) is 9.53 Å². The molecular weight excluding hydrogens is 184 g/mol. The van der Waals surface area contributed by atoms with Crippen molar-refractivity contribution >= 4 is 5.97 Å². The third kappa shape index (κ3) is 4.39. The number of ether oxygens (including phenoxy) is 1. The minimum atomic E-state index is -0.746. The van der Waals surface area contributed by atoms with Crippen LogP contribution in [0.5, 0.6) is 0 Å². The second-order valence-electron chi connectivity index (χ2n) is 3.39. The van der Waals surface area contributed by atoms with Crippen LogP contribution in [0.25, 0.3) is 0 Å². The minimum Gasteiger partial charge on any atom is -0.481 e. The summed E-state index contributed by atoms with van der Waals surface area (Å²) in [5.74, 6) is -0.746. The van der Waals surface area contributed by atoms with Gasteiger partial charge in [-0.15, -0.1) is 0 Å². The molecule has 80 valence electrons. The molecule has 0 aliphatic carbocycles. The zero-order valence-corrected chi connectivity index (χ0v) is 8.06. The van der Waals surface area contributed by atoms with E-state index in [0.29, 0.717) is 6.42 Å². The molecule has 4 heteroatoms. The molecule has 1 aliphatic rings. The third-order valence-electron chi connectivity index (χ3n) is 2.16. The summed E-state index contributed by atoms with van der Waals surface area (Å²) in [7, 11) is 0. The van der Waals surface area contributed by atoms with Gasteiger partial charge in [0.2, 0.25) is 0 Å². The number of unbranched alkanes of at least 4 members (excludes halogenated alkanes) is 1. The zero-order valence-electron chi connectivity index (χ0n) is 8.06. The molecule has 0 aromatic heterocycles. The van der Waals surface area contributed by atoms with Crippen molar-refractivity contribution in [3.63, 3.8) is 0 Å². The van der Waals surface area contributed by atoms with Crippen molar-refractivity contribution in [2.75, 3.05) is 6.61 Å². The van der Waals surface area contributed by atoms with Crippen molar-refractivity contribution in [1.29, 1.82) is 0 Å². The molecule has 0 unspecified atom stereocenters. The molecule has 0 bridgehead atoms. The molecule has 0 aromatic carbocycles. The van der Waals surface area contributed by atoms with Crippen LogP contribution in [0.2, 0.25) is 0 Å². The Morgan fingerprint density at radius 1 is 1.36 bits per heavy atom. The van der Waals surface area contributed by atoms with Crippen molar-refractivity contribution in [2.24, 2.45) is 0 Å². The van der Waals surface area contributed by atoms with Gasteiger partial charge in [0.25, 0.3) is 0 Å². The van der Waals surface area contributed by atoms with E-state index in [1.54, 1.807) is 0 Å². The van der Waals surface area contributed by atoms with Gasteiger partial charge in [0.1, 0.15) is 6.10 Å². The molecule has 1 fully saturated rings. The van der Waals surface area contributed by atoms with Crippen molar-refractivity contribution in [3.8, 4) is 0 Å². The molecule has 0 spiro atoms. The van der Waals surface area contributed by atoms with E-state index in [4.69, 9.17) is 14.9 Å². The van der Waals surface area contributed by atoms with Crippen LogP contribution in [0.3, 0.4) is 0 Å². The van der Waals surface area contributed by atoms with Crippen molar-refractivity contribution in [2.45, 2.75) is 37.9 Å². The van der Waals surface area contributed by atoms with Gasteiger partial charge in [-0.2, -0.15) is 0 Å². The maximum absolute atomic E-state index is 10.2. The normalized spacial score (nSPS) is 25.5. The summed E-state index contributed by atoms with van der Waals surface area (Å²) >= 11 is 0. The number of aliphatic hydroxyl groups excluding tert-OH is 1. The van der Waals surface area contributed by atoms with Gasteiger partial charge < -0.3 is 14.9 Å². The summed E-state index contributed by atoms with van der Waals surface area (Å²) in [4.78, 5) is 10.2. The van der Waals surface area contributed by atoms with E-state index in [0.717, 1.165) is 12.8 Å². The number of rotatable bonds is 7. The van der Waals surface area contributed by atoms with Gasteiger partial charge in [-0.05, 0) is 19.3 Å². The van der Waals surface area contributed by atoms with Gasteiger partial charge in [0.15, 0.2) is 0 Å². The first-order valence-electron chi connectivity index (χ1n) is 4.87. The summed E-state index contributed by atoms with van der Waals surface area (Å²) in [6, 6.07) is 0. The first kappa shape index (κ1) is 11.2. The molecule has 2 N–H and O–H groups in total. The smallest absolute Gasteiger partial charge is 0.303 e. The van der Waals surface area contributed by atoms with Gasteiger partial charge in [-0.25, -0.2) is 0 Å². The van der Waals surface area contributed by atoms with Crippen LogP contribution in [0.15, 0.2) is 12.2 Å². The van der Waals surface area contributed by atoms with E-state index < -0.39 is 5.97 Å². The van der Waals surface area contributed by atoms with E-state index in [1.807, 2.05) is 12.2 Å². The number of carbonyl (C=O) groups is 1. The largest absolute Gasteiger partial charge is 0.481 e. The zero-order chi connectivity index (χ0) is 10.4. The highest BCUT2D eigenvalue weighted by atomic mass is 16.6. The molecule has 4 nitrogen and oxygen atoms in total. The molecule has 0 amide bonds. The van der Waals surface area contributed by atoms with Crippen LogP contribution < -0.4 is 0 Å². The maximum Gasteiger partial charge on any atom is 0.303 e. The van der Waals surface area contributed by atoms with Gasteiger partial charge in [-0.1, -0.05) is 12.2 Å². The predicted octanol–water partition coefficient (Wildman–Crippen LogP) is 0.947. The molecule has 1 aliphatic heterocycles.